The summed E-state index contributed by atoms with van der Waals surface area (Å²) in [5.41, 5.74) is 1.79. The number of rotatable bonds is 9. The molecule has 0 aliphatic carbocycles. The van der Waals surface area contributed by atoms with Gasteiger partial charge < -0.3 is 19.6 Å². The van der Waals surface area contributed by atoms with Gasteiger partial charge in [-0.25, -0.2) is 0 Å². The molecule has 2 unspecified atom stereocenters. The number of H-pyrrole nitrogens is 1. The van der Waals surface area contributed by atoms with Crippen LogP contribution in [0.3, 0.4) is 0 Å². The van der Waals surface area contributed by atoms with Crippen LogP contribution < -0.4 is 4.74 Å². The van der Waals surface area contributed by atoms with Gasteiger partial charge in [0.05, 0.1) is 12.0 Å². The monoisotopic (exact) mass is 427 g/mol. The van der Waals surface area contributed by atoms with E-state index < -0.39 is 17.5 Å². The highest BCUT2D eigenvalue weighted by Gasteiger charge is 2.43. The number of carbonyl (C=O) groups is 1. The first-order valence-corrected chi connectivity index (χ1v) is 10.3. The van der Waals surface area contributed by atoms with Crippen molar-refractivity contribution in [3.05, 3.63) is 77.6 Å². The summed E-state index contributed by atoms with van der Waals surface area (Å²) in [5, 5.41) is 11.5. The number of ether oxygens (including phenoxy) is 2. The molecule has 0 saturated heterocycles. The molecule has 30 heavy (non-hydrogen) atoms. The quantitative estimate of drug-likeness (QED) is 0.477. The van der Waals surface area contributed by atoms with Crippen LogP contribution in [0.15, 0.2) is 66.9 Å². The zero-order chi connectivity index (χ0) is 21.6. The third kappa shape index (κ3) is 5.23. The summed E-state index contributed by atoms with van der Waals surface area (Å²) in [6.07, 6.45) is 1.06. The molecule has 5 nitrogen and oxygen atoms in total. The third-order valence-electron chi connectivity index (χ3n) is 5.14. The van der Waals surface area contributed by atoms with E-state index in [1.54, 1.807) is 20.0 Å². The largest absolute Gasteiger partial charge is 0.491 e. The smallest absolute Gasteiger partial charge is 0.314 e. The minimum atomic E-state index is -1.13. The van der Waals surface area contributed by atoms with Crippen molar-refractivity contribution in [3.63, 3.8) is 0 Å². The molecule has 0 bridgehead atoms. The lowest BCUT2D eigenvalue weighted by molar-refractivity contribution is -0.163. The average Bonchev–Trinajstić information content (AvgIpc) is 3.26. The Morgan fingerprint density at radius 3 is 2.30 bits per heavy atom. The summed E-state index contributed by atoms with van der Waals surface area (Å²) in [7, 11) is 0. The second-order valence-electron chi connectivity index (χ2n) is 7.37. The van der Waals surface area contributed by atoms with Gasteiger partial charge in [-0.3, -0.25) is 4.79 Å². The van der Waals surface area contributed by atoms with Crippen LogP contribution in [0.25, 0.3) is 11.1 Å². The molecular weight excluding hydrogens is 402 g/mol. The van der Waals surface area contributed by atoms with Crippen LogP contribution in [-0.4, -0.2) is 35.4 Å². The maximum absolute atomic E-state index is 12.6. The second-order valence-corrected chi connectivity index (χ2v) is 7.80. The highest BCUT2D eigenvalue weighted by molar-refractivity contribution is 6.30. The Morgan fingerprint density at radius 1 is 1.10 bits per heavy atom. The van der Waals surface area contributed by atoms with Gasteiger partial charge in [-0.15, -0.1) is 0 Å². The number of nitrogens with one attached hydrogen (secondary N) is 1. The lowest BCUT2D eigenvalue weighted by Gasteiger charge is -2.31. The average molecular weight is 428 g/mol. The maximum atomic E-state index is 12.6. The lowest BCUT2D eigenvalue weighted by Crippen LogP contribution is -2.46. The van der Waals surface area contributed by atoms with Crippen LogP contribution in [0.1, 0.15) is 19.5 Å². The molecule has 0 amide bonds. The van der Waals surface area contributed by atoms with Crippen LogP contribution in [0.5, 0.6) is 5.75 Å². The van der Waals surface area contributed by atoms with Crippen LogP contribution >= 0.6 is 11.6 Å². The Balaban J connectivity index is 1.67. The lowest BCUT2D eigenvalue weighted by atomic mass is 9.80. The highest BCUT2D eigenvalue weighted by Crippen LogP contribution is 2.30. The molecule has 0 spiro atoms. The van der Waals surface area contributed by atoms with Crippen molar-refractivity contribution in [2.24, 2.45) is 5.41 Å². The highest BCUT2D eigenvalue weighted by atomic mass is 35.5. The van der Waals surface area contributed by atoms with Gasteiger partial charge in [-0.2, -0.15) is 0 Å². The van der Waals surface area contributed by atoms with E-state index in [2.05, 4.69) is 4.98 Å². The fraction of sp³-hybridized carbons (Fsp3) is 0.292. The van der Waals surface area contributed by atoms with Crippen molar-refractivity contribution < 1.29 is 19.4 Å². The number of aromatic amines is 1. The number of aliphatic hydroxyl groups is 1. The molecule has 3 rings (SSSR count). The summed E-state index contributed by atoms with van der Waals surface area (Å²) in [6, 6.07) is 18.9. The molecule has 2 atom stereocenters. The first kappa shape index (κ1) is 21.9. The molecule has 0 fully saturated rings. The number of esters is 1. The molecule has 158 valence electrons. The Labute approximate surface area is 181 Å². The van der Waals surface area contributed by atoms with Gasteiger partial charge in [-0.05, 0) is 61.4 Å². The first-order chi connectivity index (χ1) is 14.4. The molecule has 2 N–H and O–H groups in total. The number of hydrogen-bond acceptors (Lipinski definition) is 4. The second kappa shape index (κ2) is 9.83. The van der Waals surface area contributed by atoms with Gasteiger partial charge in [0.2, 0.25) is 0 Å². The van der Waals surface area contributed by atoms with E-state index in [1.807, 2.05) is 60.7 Å². The van der Waals surface area contributed by atoms with E-state index in [1.165, 1.54) is 0 Å². The van der Waals surface area contributed by atoms with Gasteiger partial charge in [-0.1, -0.05) is 35.9 Å². The van der Waals surface area contributed by atoms with Gasteiger partial charge in [0, 0.05) is 23.3 Å². The minimum absolute atomic E-state index is 0.0314. The summed E-state index contributed by atoms with van der Waals surface area (Å²) in [5.74, 6) is 0.159. The molecule has 6 heteroatoms. The SMILES string of the molecule is CCOC(=O)C(C)(Cc1ccc[nH]1)C(O)COc1ccc(-c2ccc(Cl)cc2)cc1. The fourth-order valence-corrected chi connectivity index (χ4v) is 3.37. The van der Waals surface area contributed by atoms with Crippen LogP contribution in [0.2, 0.25) is 5.02 Å². The van der Waals surface area contributed by atoms with Gasteiger partial charge in [0.15, 0.2) is 0 Å². The molecule has 0 saturated carbocycles. The minimum Gasteiger partial charge on any atom is -0.491 e. The summed E-state index contributed by atoms with van der Waals surface area (Å²) in [6.45, 7) is 3.66. The number of benzene rings is 2. The maximum Gasteiger partial charge on any atom is 0.314 e. The zero-order valence-corrected chi connectivity index (χ0v) is 17.9. The Kier molecular flexibility index (Phi) is 7.19. The van der Waals surface area contributed by atoms with E-state index in [9.17, 15) is 9.90 Å². The van der Waals surface area contributed by atoms with Crippen molar-refractivity contribution in [3.8, 4) is 16.9 Å². The van der Waals surface area contributed by atoms with E-state index in [0.717, 1.165) is 16.8 Å². The van der Waals surface area contributed by atoms with E-state index in [-0.39, 0.29) is 13.2 Å². The number of aliphatic hydroxyl groups excluding tert-OH is 1. The normalized spacial score (nSPS) is 14.0. The number of hydrogen-bond donors (Lipinski definition) is 2. The number of halogens is 1. The molecule has 1 heterocycles. The predicted molar refractivity (Wildman–Crippen MR) is 118 cm³/mol. The summed E-state index contributed by atoms with van der Waals surface area (Å²) in [4.78, 5) is 15.7. The van der Waals surface area contributed by atoms with Crippen molar-refractivity contribution in [2.75, 3.05) is 13.2 Å². The van der Waals surface area contributed by atoms with E-state index >= 15 is 0 Å². The predicted octanol–water partition coefficient (Wildman–Crippen LogP) is 4.89. The first-order valence-electron chi connectivity index (χ1n) is 9.88. The van der Waals surface area contributed by atoms with Crippen LogP contribution in [-0.2, 0) is 16.0 Å². The summed E-state index contributed by atoms with van der Waals surface area (Å²) < 4.78 is 11.0. The fourth-order valence-electron chi connectivity index (χ4n) is 3.24. The molecule has 2 aromatic carbocycles. The van der Waals surface area contributed by atoms with Crippen molar-refractivity contribution in [2.45, 2.75) is 26.4 Å². The molecule has 1 aromatic heterocycles. The molecule has 3 aromatic rings. The topological polar surface area (TPSA) is 71.6 Å². The Hall–Kier alpha value is -2.76. The number of aromatic nitrogens is 1. The van der Waals surface area contributed by atoms with E-state index in [0.29, 0.717) is 17.2 Å². The third-order valence-corrected chi connectivity index (χ3v) is 5.39. The molecule has 0 aliphatic rings. The standard InChI is InChI=1S/C24H26ClNO4/c1-3-29-23(28)24(2,15-20-5-4-14-26-20)22(27)16-30-21-12-8-18(9-13-21)17-6-10-19(25)11-7-17/h4-14,22,26-27H,3,15-16H2,1-2H3. The van der Waals surface area contributed by atoms with Crippen molar-refractivity contribution in [1.82, 2.24) is 4.98 Å². The zero-order valence-electron chi connectivity index (χ0n) is 17.1. The van der Waals surface area contributed by atoms with Crippen LogP contribution in [0, 0.1) is 5.41 Å². The molecular formula is C24H26ClNO4. The Bertz CT molecular complexity index is 938. The van der Waals surface area contributed by atoms with Gasteiger partial charge in [0.1, 0.15) is 18.5 Å². The number of carbonyl (C=O) groups excluding carboxylic acids is 1. The van der Waals surface area contributed by atoms with Crippen molar-refractivity contribution >= 4 is 17.6 Å². The van der Waals surface area contributed by atoms with E-state index in [4.69, 9.17) is 21.1 Å². The summed E-state index contributed by atoms with van der Waals surface area (Å²) >= 11 is 5.94. The van der Waals surface area contributed by atoms with Crippen molar-refractivity contribution in [1.29, 1.82) is 0 Å². The molecule has 0 radical (unpaired) electrons. The van der Waals surface area contributed by atoms with Gasteiger partial charge >= 0.3 is 5.97 Å². The Morgan fingerprint density at radius 2 is 1.73 bits per heavy atom. The molecule has 0 aliphatic heterocycles. The van der Waals surface area contributed by atoms with Crippen LogP contribution in [0.4, 0.5) is 0 Å². The van der Waals surface area contributed by atoms with Gasteiger partial charge in [0.25, 0.3) is 0 Å².